The Hall–Kier alpha value is -2.15. The van der Waals surface area contributed by atoms with Gasteiger partial charge in [0.15, 0.2) is 5.84 Å². The maximum atomic E-state index is 13.9. The normalized spacial score (nSPS) is 17.1. The molecule has 21 heavy (non-hydrogen) atoms. The van der Waals surface area contributed by atoms with Gasteiger partial charge in [0.2, 0.25) is 5.91 Å². The number of amidine groups is 1. The second kappa shape index (κ2) is 6.09. The first kappa shape index (κ1) is 15.2. The van der Waals surface area contributed by atoms with Crippen molar-refractivity contribution in [3.63, 3.8) is 0 Å². The Morgan fingerprint density at radius 1 is 1.57 bits per heavy atom. The minimum absolute atomic E-state index is 0.0556. The number of rotatable bonds is 5. The first-order valence-corrected chi connectivity index (χ1v) is 6.62. The van der Waals surface area contributed by atoms with Crippen molar-refractivity contribution >= 4 is 17.4 Å². The fraction of sp³-hybridized carbons (Fsp3) is 0.429. The van der Waals surface area contributed by atoms with Crippen LogP contribution in [0.15, 0.2) is 23.4 Å². The largest absolute Gasteiger partial charge is 0.409 e. The maximum Gasteiger partial charge on any atom is 0.227 e. The highest BCUT2D eigenvalue weighted by atomic mass is 19.1. The Labute approximate surface area is 121 Å². The van der Waals surface area contributed by atoms with E-state index in [4.69, 9.17) is 15.7 Å². The molecule has 1 aromatic rings. The van der Waals surface area contributed by atoms with Crippen molar-refractivity contribution in [3.8, 4) is 0 Å². The molecule has 1 aliphatic rings. The van der Waals surface area contributed by atoms with Crippen LogP contribution in [0.5, 0.6) is 0 Å². The number of nitrogens with zero attached hydrogens (tertiary/aromatic N) is 1. The third kappa shape index (κ3) is 3.30. The molecule has 1 fully saturated rings. The quantitative estimate of drug-likeness (QED) is 0.334. The molecule has 0 unspecified atom stereocenters. The summed E-state index contributed by atoms with van der Waals surface area (Å²) in [6.07, 6.45) is 2.90. The lowest BCUT2D eigenvalue weighted by Crippen LogP contribution is -2.42. The molecule has 1 aliphatic carbocycles. The Morgan fingerprint density at radius 3 is 2.76 bits per heavy atom. The Kier molecular flexibility index (Phi) is 4.42. The van der Waals surface area contributed by atoms with Crippen molar-refractivity contribution in [1.29, 1.82) is 0 Å². The lowest BCUT2D eigenvalue weighted by molar-refractivity contribution is -0.129. The van der Waals surface area contributed by atoms with Crippen LogP contribution in [0, 0.1) is 5.82 Å². The number of ether oxygens (including phenoxy) is 1. The van der Waals surface area contributed by atoms with Crippen molar-refractivity contribution in [1.82, 2.24) is 0 Å². The number of hydrogen-bond acceptors (Lipinski definition) is 4. The molecule has 0 saturated heterocycles. The predicted molar refractivity (Wildman–Crippen MR) is 75.7 cm³/mol. The molecule has 1 aromatic carbocycles. The number of oxime groups is 1. The lowest BCUT2D eigenvalue weighted by atomic mass is 9.77. The van der Waals surface area contributed by atoms with E-state index in [1.54, 1.807) is 7.11 Å². The molecule has 2 rings (SSSR count). The van der Waals surface area contributed by atoms with Crippen molar-refractivity contribution in [2.75, 3.05) is 12.4 Å². The van der Waals surface area contributed by atoms with Crippen molar-refractivity contribution in [2.45, 2.75) is 31.3 Å². The summed E-state index contributed by atoms with van der Waals surface area (Å²) in [5, 5.41) is 13.8. The standard InChI is InChI=1S/C14H18FN3O3/c1-21-14(5-2-6-14)8-12(19)17-11-4-3-9(7-10(11)15)13(16)18-20/h3-4,7,20H,2,5-6,8H2,1H3,(H2,16,18)(H,17,19). The van der Waals surface area contributed by atoms with Crippen LogP contribution in [0.1, 0.15) is 31.2 Å². The van der Waals surface area contributed by atoms with Gasteiger partial charge in [-0.05, 0) is 37.5 Å². The predicted octanol–water partition coefficient (Wildman–Crippen LogP) is 1.82. The number of methoxy groups -OCH3 is 1. The molecule has 0 heterocycles. The van der Waals surface area contributed by atoms with Gasteiger partial charge in [-0.1, -0.05) is 5.16 Å². The average molecular weight is 295 g/mol. The number of nitrogens with one attached hydrogen (secondary N) is 1. The van der Waals surface area contributed by atoms with Crippen LogP contribution in [0.2, 0.25) is 0 Å². The summed E-state index contributed by atoms with van der Waals surface area (Å²) in [6, 6.07) is 3.93. The van der Waals surface area contributed by atoms with Crippen LogP contribution >= 0.6 is 0 Å². The van der Waals surface area contributed by atoms with E-state index in [2.05, 4.69) is 10.5 Å². The zero-order chi connectivity index (χ0) is 15.5. The summed E-state index contributed by atoms with van der Waals surface area (Å²) in [5.74, 6) is -1.14. The number of anilines is 1. The summed E-state index contributed by atoms with van der Waals surface area (Å²) < 4.78 is 19.2. The summed E-state index contributed by atoms with van der Waals surface area (Å²) >= 11 is 0. The second-order valence-corrected chi connectivity index (χ2v) is 5.15. The van der Waals surface area contributed by atoms with Crippen LogP contribution < -0.4 is 11.1 Å². The first-order valence-electron chi connectivity index (χ1n) is 6.62. The van der Waals surface area contributed by atoms with E-state index < -0.39 is 11.4 Å². The van der Waals surface area contributed by atoms with Gasteiger partial charge in [-0.2, -0.15) is 0 Å². The van der Waals surface area contributed by atoms with Gasteiger partial charge in [-0.25, -0.2) is 4.39 Å². The third-order valence-electron chi connectivity index (χ3n) is 3.83. The second-order valence-electron chi connectivity index (χ2n) is 5.15. The Balaban J connectivity index is 2.04. The number of hydrogen-bond donors (Lipinski definition) is 3. The lowest BCUT2D eigenvalue weighted by Gasteiger charge is -2.39. The number of carbonyl (C=O) groups excluding carboxylic acids is 1. The molecule has 1 saturated carbocycles. The molecule has 1 amide bonds. The average Bonchev–Trinajstić information content (AvgIpc) is 2.44. The summed E-state index contributed by atoms with van der Waals surface area (Å²) in [5.41, 5.74) is 5.25. The van der Waals surface area contributed by atoms with Crippen molar-refractivity contribution in [2.24, 2.45) is 10.9 Å². The molecule has 4 N–H and O–H groups in total. The maximum absolute atomic E-state index is 13.9. The van der Waals surface area contributed by atoms with Crippen LogP contribution in [-0.4, -0.2) is 29.7 Å². The summed E-state index contributed by atoms with van der Waals surface area (Å²) in [6.45, 7) is 0. The van der Waals surface area contributed by atoms with E-state index >= 15 is 0 Å². The number of benzene rings is 1. The van der Waals surface area contributed by atoms with Gasteiger partial charge in [0.25, 0.3) is 0 Å². The fourth-order valence-electron chi connectivity index (χ4n) is 2.34. The smallest absolute Gasteiger partial charge is 0.227 e. The van der Waals surface area contributed by atoms with Crippen molar-refractivity contribution < 1.29 is 19.1 Å². The van der Waals surface area contributed by atoms with Gasteiger partial charge in [0.05, 0.1) is 17.7 Å². The van der Waals surface area contributed by atoms with Crippen LogP contribution in [-0.2, 0) is 9.53 Å². The van der Waals surface area contributed by atoms with Crippen molar-refractivity contribution in [3.05, 3.63) is 29.6 Å². The van der Waals surface area contributed by atoms with Crippen LogP contribution in [0.25, 0.3) is 0 Å². The van der Waals surface area contributed by atoms with Crippen LogP contribution in [0.4, 0.5) is 10.1 Å². The van der Waals surface area contributed by atoms with Gasteiger partial charge in [-0.15, -0.1) is 0 Å². The van der Waals surface area contributed by atoms with E-state index in [-0.39, 0.29) is 29.4 Å². The van der Waals surface area contributed by atoms with Gasteiger partial charge in [0.1, 0.15) is 5.82 Å². The number of halogens is 1. The Bertz CT molecular complexity index is 565. The summed E-state index contributed by atoms with van der Waals surface area (Å²) in [4.78, 5) is 12.0. The molecular formula is C14H18FN3O3. The first-order chi connectivity index (χ1) is 9.99. The van der Waals surface area contributed by atoms with Gasteiger partial charge >= 0.3 is 0 Å². The SMILES string of the molecule is COC1(CC(=O)Nc2ccc(/C(N)=N/O)cc2F)CCC1. The van der Waals surface area contributed by atoms with Gasteiger partial charge < -0.3 is 21.0 Å². The molecular weight excluding hydrogens is 277 g/mol. The molecule has 0 aromatic heterocycles. The molecule has 0 atom stereocenters. The summed E-state index contributed by atoms with van der Waals surface area (Å²) in [7, 11) is 1.58. The zero-order valence-corrected chi connectivity index (χ0v) is 11.7. The fourth-order valence-corrected chi connectivity index (χ4v) is 2.34. The van der Waals surface area contributed by atoms with Gasteiger partial charge in [0, 0.05) is 12.7 Å². The van der Waals surface area contributed by atoms with Gasteiger partial charge in [-0.3, -0.25) is 4.79 Å². The third-order valence-corrected chi connectivity index (χ3v) is 3.83. The molecule has 114 valence electrons. The Morgan fingerprint density at radius 2 is 2.29 bits per heavy atom. The topological polar surface area (TPSA) is 96.9 Å². The molecule has 6 nitrogen and oxygen atoms in total. The highest BCUT2D eigenvalue weighted by Gasteiger charge is 2.39. The number of nitrogens with two attached hydrogens (primary N) is 1. The highest BCUT2D eigenvalue weighted by molar-refractivity contribution is 5.98. The van der Waals surface area contributed by atoms with E-state index in [0.29, 0.717) is 0 Å². The number of amides is 1. The molecule has 7 heteroatoms. The molecule has 0 bridgehead atoms. The number of carbonyl (C=O) groups is 1. The van der Waals surface area contributed by atoms with Crippen LogP contribution in [0.3, 0.4) is 0 Å². The van der Waals surface area contributed by atoms with E-state index in [1.165, 1.54) is 12.1 Å². The monoisotopic (exact) mass is 295 g/mol. The molecule has 0 spiro atoms. The van der Waals surface area contributed by atoms with E-state index in [1.807, 2.05) is 0 Å². The molecule has 0 aliphatic heterocycles. The molecule has 0 radical (unpaired) electrons. The van der Waals surface area contributed by atoms with E-state index in [0.717, 1.165) is 25.3 Å². The highest BCUT2D eigenvalue weighted by Crippen LogP contribution is 2.38. The van der Waals surface area contributed by atoms with E-state index in [9.17, 15) is 9.18 Å². The minimum atomic E-state index is -0.646. The minimum Gasteiger partial charge on any atom is -0.409 e. The zero-order valence-electron chi connectivity index (χ0n) is 11.7.